The molecule has 596 valence electrons. The molecule has 0 saturated heterocycles. The molecular weight excluding hydrogens is 1320 g/mol. The molecule has 0 heterocycles. The molecule has 0 bridgehead atoms. The normalized spacial score (nSPS) is 14.4. The van der Waals surface area contributed by atoms with Crippen molar-refractivity contribution in [3.8, 4) is 0 Å². The molecular formula is C82H156O17P2. The van der Waals surface area contributed by atoms with Crippen molar-refractivity contribution >= 4 is 39.5 Å². The van der Waals surface area contributed by atoms with Crippen LogP contribution < -0.4 is 0 Å². The monoisotopic (exact) mass is 1480 g/mol. The maximum absolute atomic E-state index is 13.1. The quantitative estimate of drug-likeness (QED) is 0.0169. The molecule has 0 amide bonds. The lowest BCUT2D eigenvalue weighted by Gasteiger charge is -2.21. The van der Waals surface area contributed by atoms with Crippen molar-refractivity contribution in [2.75, 3.05) is 39.6 Å². The summed E-state index contributed by atoms with van der Waals surface area (Å²) in [6.07, 6.45) is 63.4. The fourth-order valence-electron chi connectivity index (χ4n) is 12.1. The Morgan fingerprint density at radius 2 is 0.584 bits per heavy atom. The van der Waals surface area contributed by atoms with Crippen LogP contribution in [0.4, 0.5) is 0 Å². The van der Waals surface area contributed by atoms with Gasteiger partial charge in [0.05, 0.1) is 26.4 Å². The first-order valence-electron chi connectivity index (χ1n) is 41.7. The van der Waals surface area contributed by atoms with Gasteiger partial charge in [0, 0.05) is 25.7 Å². The van der Waals surface area contributed by atoms with Crippen LogP contribution in [0.5, 0.6) is 0 Å². The number of hydrogen-bond donors (Lipinski definition) is 3. The summed E-state index contributed by atoms with van der Waals surface area (Å²) in [5.41, 5.74) is 0. The minimum Gasteiger partial charge on any atom is -0.462 e. The SMILES string of the molecule is CCCCCC/C=C\C=C/CCCCCCCC(=O)OC[C@H](COP(=O)(O)OCC(O)COP(=O)(O)OC[C@@H](COC(=O)CCCCCCCCCC(C)C)OC(=O)CCCCCCCCCCCCCCCCCCCCC(C)CC)OC(=O)CCCCCCCCCCCCCC(C)C. The minimum absolute atomic E-state index is 0.0994. The standard InChI is InChI=1S/C82H156O17P2/c1-8-10-11-12-13-14-15-16-21-25-30-35-42-49-56-63-79(84)92-69-77(98-82(87)66-59-52-44-37-32-27-28-33-39-46-53-60-73(3)4)71-96-100(88,89)94-67-76(83)68-95-101(90,91)97-72-78(70-93-80(85)64-57-50-45-38-40-47-54-61-74(5)6)99-81(86)65-58-51-43-36-31-26-23-20-18-17-19-22-24-29-34-41-48-55-62-75(7)9-2/h14-16,21,73-78,83H,8-13,17-20,22-72H2,1-7H3,(H,88,89)(H,90,91)/b15-14-,21-16-/t75?,76?,77-,78-/m1/s1. The van der Waals surface area contributed by atoms with Crippen molar-refractivity contribution < 1.29 is 80.2 Å². The maximum Gasteiger partial charge on any atom is 0.472 e. The van der Waals surface area contributed by atoms with Crippen LogP contribution in [0.25, 0.3) is 0 Å². The molecule has 0 aromatic heterocycles. The number of allylic oxidation sites excluding steroid dienone is 4. The second kappa shape index (κ2) is 71.8. The summed E-state index contributed by atoms with van der Waals surface area (Å²) in [5.74, 6) is 0.194. The summed E-state index contributed by atoms with van der Waals surface area (Å²) in [6.45, 7) is 11.9. The molecule has 17 nitrogen and oxygen atoms in total. The number of unbranched alkanes of at least 4 members (excludes halogenated alkanes) is 42. The van der Waals surface area contributed by atoms with Crippen molar-refractivity contribution in [3.05, 3.63) is 24.3 Å². The molecule has 4 unspecified atom stereocenters. The highest BCUT2D eigenvalue weighted by atomic mass is 31.2. The van der Waals surface area contributed by atoms with E-state index in [1.807, 2.05) is 0 Å². The van der Waals surface area contributed by atoms with Crippen molar-refractivity contribution in [1.82, 2.24) is 0 Å². The average molecular weight is 1480 g/mol. The zero-order chi connectivity index (χ0) is 74.4. The van der Waals surface area contributed by atoms with Crippen molar-refractivity contribution in [3.63, 3.8) is 0 Å². The number of ether oxygens (including phenoxy) is 4. The molecule has 0 fully saturated rings. The summed E-state index contributed by atoms with van der Waals surface area (Å²) in [6, 6.07) is 0. The van der Waals surface area contributed by atoms with Crippen LogP contribution in [0.1, 0.15) is 402 Å². The maximum atomic E-state index is 13.1. The fraction of sp³-hybridized carbons (Fsp3) is 0.902. The van der Waals surface area contributed by atoms with Gasteiger partial charge < -0.3 is 33.8 Å². The van der Waals surface area contributed by atoms with Crippen LogP contribution in [0.3, 0.4) is 0 Å². The first kappa shape index (κ1) is 98.5. The summed E-state index contributed by atoms with van der Waals surface area (Å²) in [7, 11) is -9.93. The van der Waals surface area contributed by atoms with Crippen LogP contribution in [0.15, 0.2) is 24.3 Å². The average Bonchev–Trinajstić information content (AvgIpc) is 0.922. The van der Waals surface area contributed by atoms with Gasteiger partial charge in [0.15, 0.2) is 12.2 Å². The number of aliphatic hydroxyl groups is 1. The fourth-order valence-corrected chi connectivity index (χ4v) is 13.7. The van der Waals surface area contributed by atoms with Gasteiger partial charge >= 0.3 is 39.5 Å². The number of aliphatic hydroxyl groups excluding tert-OH is 1. The van der Waals surface area contributed by atoms with Crippen LogP contribution >= 0.6 is 15.6 Å². The lowest BCUT2D eigenvalue weighted by Crippen LogP contribution is -2.30. The summed E-state index contributed by atoms with van der Waals surface area (Å²) < 4.78 is 68.7. The number of carbonyl (C=O) groups is 4. The Bertz CT molecular complexity index is 2050. The molecule has 0 radical (unpaired) electrons. The van der Waals surface area contributed by atoms with E-state index >= 15 is 0 Å². The van der Waals surface area contributed by atoms with E-state index in [-0.39, 0.29) is 25.7 Å². The Morgan fingerprint density at radius 1 is 0.327 bits per heavy atom. The number of rotatable bonds is 78. The van der Waals surface area contributed by atoms with Crippen LogP contribution in [0, 0.1) is 17.8 Å². The van der Waals surface area contributed by atoms with Gasteiger partial charge in [-0.05, 0) is 69.1 Å². The van der Waals surface area contributed by atoms with Crippen molar-refractivity contribution in [2.24, 2.45) is 17.8 Å². The van der Waals surface area contributed by atoms with Gasteiger partial charge in [-0.3, -0.25) is 37.3 Å². The molecule has 0 aliphatic carbocycles. The Kier molecular flexibility index (Phi) is 70.0. The first-order chi connectivity index (χ1) is 48.8. The highest BCUT2D eigenvalue weighted by molar-refractivity contribution is 7.47. The van der Waals surface area contributed by atoms with E-state index in [2.05, 4.69) is 72.8 Å². The van der Waals surface area contributed by atoms with Gasteiger partial charge in [-0.25, -0.2) is 9.13 Å². The summed E-state index contributed by atoms with van der Waals surface area (Å²) >= 11 is 0. The second-order valence-electron chi connectivity index (χ2n) is 30.0. The van der Waals surface area contributed by atoms with Crippen molar-refractivity contribution in [2.45, 2.75) is 420 Å². The van der Waals surface area contributed by atoms with E-state index in [0.717, 1.165) is 127 Å². The molecule has 19 heteroatoms. The second-order valence-corrected chi connectivity index (χ2v) is 32.9. The smallest absolute Gasteiger partial charge is 0.462 e. The summed E-state index contributed by atoms with van der Waals surface area (Å²) in [4.78, 5) is 73.0. The number of phosphoric ester groups is 2. The molecule has 3 N–H and O–H groups in total. The minimum atomic E-state index is -4.97. The van der Waals surface area contributed by atoms with Crippen molar-refractivity contribution in [1.29, 1.82) is 0 Å². The number of carbonyl (C=O) groups excluding carboxylic acids is 4. The molecule has 0 aliphatic heterocycles. The molecule has 0 aliphatic rings. The third kappa shape index (κ3) is 74.2. The zero-order valence-electron chi connectivity index (χ0n) is 65.9. The van der Waals surface area contributed by atoms with E-state index in [4.69, 9.17) is 37.0 Å². The number of hydrogen-bond acceptors (Lipinski definition) is 15. The molecule has 0 aromatic rings. The largest absolute Gasteiger partial charge is 0.472 e. The highest BCUT2D eigenvalue weighted by Gasteiger charge is 2.30. The molecule has 0 rings (SSSR count). The third-order valence-corrected chi connectivity index (χ3v) is 20.8. The van der Waals surface area contributed by atoms with Gasteiger partial charge in [-0.1, -0.05) is 349 Å². The zero-order valence-corrected chi connectivity index (χ0v) is 67.6. The van der Waals surface area contributed by atoms with Crippen LogP contribution in [-0.4, -0.2) is 96.7 Å². The Morgan fingerprint density at radius 3 is 0.881 bits per heavy atom. The number of phosphoric acid groups is 2. The first-order valence-corrected chi connectivity index (χ1v) is 44.7. The van der Waals surface area contributed by atoms with E-state index < -0.39 is 97.5 Å². The molecule has 6 atom stereocenters. The van der Waals surface area contributed by atoms with Crippen LogP contribution in [-0.2, 0) is 65.4 Å². The lowest BCUT2D eigenvalue weighted by atomic mass is 9.99. The predicted molar refractivity (Wildman–Crippen MR) is 414 cm³/mol. The highest BCUT2D eigenvalue weighted by Crippen LogP contribution is 2.45. The molecule has 101 heavy (non-hydrogen) atoms. The molecule has 0 aromatic carbocycles. The van der Waals surface area contributed by atoms with Gasteiger partial charge in [0.25, 0.3) is 0 Å². The molecule has 0 saturated carbocycles. The van der Waals surface area contributed by atoms with Gasteiger partial charge in [0.1, 0.15) is 19.3 Å². The number of esters is 4. The summed E-state index contributed by atoms with van der Waals surface area (Å²) in [5, 5.41) is 10.6. The van der Waals surface area contributed by atoms with Gasteiger partial charge in [-0.2, -0.15) is 0 Å². The Labute approximate surface area is 618 Å². The Balaban J connectivity index is 5.22. The van der Waals surface area contributed by atoms with E-state index in [0.29, 0.717) is 31.6 Å². The molecule has 0 spiro atoms. The third-order valence-electron chi connectivity index (χ3n) is 18.9. The Hall–Kier alpha value is -2.46. The lowest BCUT2D eigenvalue weighted by molar-refractivity contribution is -0.161. The van der Waals surface area contributed by atoms with E-state index in [1.54, 1.807) is 0 Å². The van der Waals surface area contributed by atoms with E-state index in [1.165, 1.54) is 186 Å². The topological polar surface area (TPSA) is 237 Å². The van der Waals surface area contributed by atoms with E-state index in [9.17, 15) is 43.2 Å². The van der Waals surface area contributed by atoms with Gasteiger partial charge in [-0.15, -0.1) is 0 Å². The predicted octanol–water partition coefficient (Wildman–Crippen LogP) is 24.1. The van der Waals surface area contributed by atoms with Gasteiger partial charge in [0.2, 0.25) is 0 Å². The van der Waals surface area contributed by atoms with Crippen LogP contribution in [0.2, 0.25) is 0 Å².